The number of hydrogen-bond acceptors (Lipinski definition) is 3. The molecule has 24 heavy (non-hydrogen) atoms. The zero-order valence-corrected chi connectivity index (χ0v) is 14.1. The van der Waals surface area contributed by atoms with Gasteiger partial charge in [-0.3, -0.25) is 4.79 Å². The van der Waals surface area contributed by atoms with Gasteiger partial charge in [-0.25, -0.2) is 4.39 Å². The fourth-order valence-electron chi connectivity index (χ4n) is 2.00. The molecule has 0 saturated heterocycles. The van der Waals surface area contributed by atoms with Gasteiger partial charge in [0.05, 0.1) is 19.4 Å². The van der Waals surface area contributed by atoms with E-state index in [1.54, 1.807) is 31.4 Å². The van der Waals surface area contributed by atoms with Gasteiger partial charge in [0.25, 0.3) is 0 Å². The second-order valence-electron chi connectivity index (χ2n) is 4.79. The summed E-state index contributed by atoms with van der Waals surface area (Å²) in [5.41, 5.74) is 0.824. The average Bonchev–Trinajstić information content (AvgIpc) is 2.56. The molecule has 0 unspecified atom stereocenters. The van der Waals surface area contributed by atoms with Crippen molar-refractivity contribution in [2.45, 2.75) is 6.92 Å². The van der Waals surface area contributed by atoms with Crippen molar-refractivity contribution in [1.29, 1.82) is 0 Å². The Bertz CT molecular complexity index is 762. The maximum absolute atomic E-state index is 13.6. The SMILES string of the molecule is CCOc1cc(/C=C/C(=O)Nc2ccc(Cl)cc2F)ccc1OC. The monoisotopic (exact) mass is 349 g/mol. The van der Waals surface area contributed by atoms with E-state index in [-0.39, 0.29) is 10.7 Å². The lowest BCUT2D eigenvalue weighted by molar-refractivity contribution is -0.111. The van der Waals surface area contributed by atoms with Gasteiger partial charge in [0.1, 0.15) is 5.82 Å². The van der Waals surface area contributed by atoms with E-state index in [4.69, 9.17) is 21.1 Å². The molecule has 0 bridgehead atoms. The zero-order valence-electron chi connectivity index (χ0n) is 13.3. The van der Waals surface area contributed by atoms with E-state index in [9.17, 15) is 9.18 Å². The number of amides is 1. The molecule has 0 saturated carbocycles. The molecule has 0 aliphatic carbocycles. The average molecular weight is 350 g/mol. The third-order valence-corrected chi connectivity index (χ3v) is 3.34. The second-order valence-corrected chi connectivity index (χ2v) is 5.23. The molecule has 0 aliphatic heterocycles. The van der Waals surface area contributed by atoms with Crippen LogP contribution in [0.1, 0.15) is 12.5 Å². The van der Waals surface area contributed by atoms with Crippen LogP contribution in [0.25, 0.3) is 6.08 Å². The summed E-state index contributed by atoms with van der Waals surface area (Å²) in [7, 11) is 1.56. The lowest BCUT2D eigenvalue weighted by Gasteiger charge is -2.09. The van der Waals surface area contributed by atoms with E-state index in [1.165, 1.54) is 18.2 Å². The maximum Gasteiger partial charge on any atom is 0.248 e. The molecular formula is C18H17ClFNO3. The van der Waals surface area contributed by atoms with Crippen LogP contribution in [-0.4, -0.2) is 19.6 Å². The van der Waals surface area contributed by atoms with Gasteiger partial charge in [0, 0.05) is 11.1 Å². The van der Waals surface area contributed by atoms with Gasteiger partial charge < -0.3 is 14.8 Å². The largest absolute Gasteiger partial charge is 0.493 e. The highest BCUT2D eigenvalue weighted by atomic mass is 35.5. The summed E-state index contributed by atoms with van der Waals surface area (Å²) in [6, 6.07) is 9.34. The molecule has 6 heteroatoms. The van der Waals surface area contributed by atoms with Crippen molar-refractivity contribution in [2.75, 3.05) is 19.0 Å². The van der Waals surface area contributed by atoms with Crippen molar-refractivity contribution in [3.63, 3.8) is 0 Å². The van der Waals surface area contributed by atoms with E-state index in [0.717, 1.165) is 11.6 Å². The van der Waals surface area contributed by atoms with Crippen LogP contribution in [0.4, 0.5) is 10.1 Å². The quantitative estimate of drug-likeness (QED) is 0.779. The summed E-state index contributed by atoms with van der Waals surface area (Å²) in [6.45, 7) is 2.37. The van der Waals surface area contributed by atoms with Crippen LogP contribution in [0.15, 0.2) is 42.5 Å². The van der Waals surface area contributed by atoms with Crippen LogP contribution < -0.4 is 14.8 Å². The van der Waals surface area contributed by atoms with Crippen LogP contribution >= 0.6 is 11.6 Å². The van der Waals surface area contributed by atoms with Crippen molar-refractivity contribution in [1.82, 2.24) is 0 Å². The molecule has 0 aliphatic rings. The highest BCUT2D eigenvalue weighted by Crippen LogP contribution is 2.28. The molecule has 0 spiro atoms. The first-order chi connectivity index (χ1) is 11.5. The molecule has 0 fully saturated rings. The van der Waals surface area contributed by atoms with Gasteiger partial charge in [0.15, 0.2) is 11.5 Å². The molecule has 0 aromatic heterocycles. The second kappa shape index (κ2) is 8.36. The highest BCUT2D eigenvalue weighted by Gasteiger charge is 2.06. The highest BCUT2D eigenvalue weighted by molar-refractivity contribution is 6.30. The molecule has 0 radical (unpaired) electrons. The molecule has 1 amide bonds. The van der Waals surface area contributed by atoms with Crippen LogP contribution in [0.5, 0.6) is 11.5 Å². The molecule has 1 N–H and O–H groups in total. The van der Waals surface area contributed by atoms with Gasteiger partial charge in [0.2, 0.25) is 5.91 Å². The van der Waals surface area contributed by atoms with Gasteiger partial charge in [-0.05, 0) is 48.9 Å². The van der Waals surface area contributed by atoms with E-state index in [2.05, 4.69) is 5.32 Å². The third-order valence-electron chi connectivity index (χ3n) is 3.10. The standard InChI is InChI=1S/C18H17ClFNO3/c1-3-24-17-10-12(4-8-16(17)23-2)5-9-18(22)21-15-7-6-13(19)11-14(15)20/h4-11H,3H2,1-2H3,(H,21,22)/b9-5+. The summed E-state index contributed by atoms with van der Waals surface area (Å²) < 4.78 is 24.3. The summed E-state index contributed by atoms with van der Waals surface area (Å²) in [5.74, 6) is 0.158. The Labute approximate surface area is 144 Å². The van der Waals surface area contributed by atoms with Gasteiger partial charge in [-0.1, -0.05) is 17.7 Å². The number of methoxy groups -OCH3 is 1. The number of carbonyl (C=O) groups excluding carboxylic acids is 1. The van der Waals surface area contributed by atoms with Crippen molar-refractivity contribution >= 4 is 29.3 Å². The Morgan fingerprint density at radius 2 is 2.04 bits per heavy atom. The first-order valence-corrected chi connectivity index (χ1v) is 7.66. The van der Waals surface area contributed by atoms with E-state index >= 15 is 0 Å². The van der Waals surface area contributed by atoms with Crippen LogP contribution in [0, 0.1) is 5.82 Å². The zero-order chi connectivity index (χ0) is 17.5. The number of nitrogens with one attached hydrogen (secondary N) is 1. The molecule has 2 aromatic carbocycles. The van der Waals surface area contributed by atoms with E-state index < -0.39 is 11.7 Å². The summed E-state index contributed by atoms with van der Waals surface area (Å²) in [6.07, 6.45) is 2.91. The van der Waals surface area contributed by atoms with E-state index in [1.807, 2.05) is 6.92 Å². The molecule has 0 atom stereocenters. The van der Waals surface area contributed by atoms with Crippen molar-refractivity contribution in [3.05, 3.63) is 58.9 Å². The molecule has 0 heterocycles. The van der Waals surface area contributed by atoms with Crippen molar-refractivity contribution in [2.24, 2.45) is 0 Å². The number of rotatable bonds is 6. The predicted molar refractivity (Wildman–Crippen MR) is 93.2 cm³/mol. The fourth-order valence-corrected chi connectivity index (χ4v) is 2.16. The van der Waals surface area contributed by atoms with Crippen LogP contribution in [-0.2, 0) is 4.79 Å². The lowest BCUT2D eigenvalue weighted by atomic mass is 10.2. The Balaban J connectivity index is 2.09. The smallest absolute Gasteiger partial charge is 0.248 e. The summed E-state index contributed by atoms with van der Waals surface area (Å²) >= 11 is 5.67. The molecular weight excluding hydrogens is 333 g/mol. The van der Waals surface area contributed by atoms with Gasteiger partial charge in [-0.15, -0.1) is 0 Å². The first kappa shape index (κ1) is 17.8. The third kappa shape index (κ3) is 4.73. The number of carbonyl (C=O) groups is 1. The molecule has 2 aromatic rings. The molecule has 126 valence electrons. The summed E-state index contributed by atoms with van der Waals surface area (Å²) in [5, 5.41) is 2.72. The van der Waals surface area contributed by atoms with Gasteiger partial charge in [-0.2, -0.15) is 0 Å². The minimum Gasteiger partial charge on any atom is -0.493 e. The fraction of sp³-hybridized carbons (Fsp3) is 0.167. The summed E-state index contributed by atoms with van der Waals surface area (Å²) in [4.78, 5) is 11.9. The minimum atomic E-state index is -0.590. The Kier molecular flexibility index (Phi) is 6.21. The number of halogens is 2. The molecule has 4 nitrogen and oxygen atoms in total. The maximum atomic E-state index is 13.6. The van der Waals surface area contributed by atoms with Crippen LogP contribution in [0.2, 0.25) is 5.02 Å². The number of anilines is 1. The minimum absolute atomic E-state index is 0.0683. The van der Waals surface area contributed by atoms with Crippen molar-refractivity contribution in [3.8, 4) is 11.5 Å². The van der Waals surface area contributed by atoms with E-state index in [0.29, 0.717) is 18.1 Å². The first-order valence-electron chi connectivity index (χ1n) is 7.28. The lowest BCUT2D eigenvalue weighted by Crippen LogP contribution is -2.09. The Morgan fingerprint density at radius 3 is 2.71 bits per heavy atom. The number of benzene rings is 2. The Hall–Kier alpha value is -2.53. The molecule has 2 rings (SSSR count). The predicted octanol–water partition coefficient (Wildman–Crippen LogP) is 4.54. The van der Waals surface area contributed by atoms with Gasteiger partial charge >= 0.3 is 0 Å². The van der Waals surface area contributed by atoms with Crippen LogP contribution in [0.3, 0.4) is 0 Å². The van der Waals surface area contributed by atoms with Crippen molar-refractivity contribution < 1.29 is 18.7 Å². The topological polar surface area (TPSA) is 47.6 Å². The normalized spacial score (nSPS) is 10.7. The number of ether oxygens (including phenoxy) is 2. The Morgan fingerprint density at radius 1 is 1.25 bits per heavy atom. The number of hydrogen-bond donors (Lipinski definition) is 1.